The number of aryl methyl sites for hydroxylation is 2. The van der Waals surface area contributed by atoms with Gasteiger partial charge in [0.15, 0.2) is 6.67 Å². The Balaban J connectivity index is 1.46. The van der Waals surface area contributed by atoms with Crippen molar-refractivity contribution < 1.29 is 13.3 Å². The van der Waals surface area contributed by atoms with E-state index in [2.05, 4.69) is 0 Å². The SMILES string of the molecule is Cc1ccc(S(=O)(=O)N2CC[NH+](Cn3sc4ccccc4c3=O)CC2)cc1C. The first-order chi connectivity index (χ1) is 13.4. The second-order valence-electron chi connectivity index (χ2n) is 7.33. The third-order valence-corrected chi connectivity index (χ3v) is 8.43. The first-order valence-corrected chi connectivity index (χ1v) is 11.6. The predicted molar refractivity (Wildman–Crippen MR) is 111 cm³/mol. The summed E-state index contributed by atoms with van der Waals surface area (Å²) in [6.07, 6.45) is 0. The lowest BCUT2D eigenvalue weighted by Crippen LogP contribution is -3.14. The number of hydrogen-bond acceptors (Lipinski definition) is 4. The fourth-order valence-corrected chi connectivity index (χ4v) is 6.14. The van der Waals surface area contributed by atoms with Crippen LogP contribution in [-0.4, -0.2) is 42.9 Å². The van der Waals surface area contributed by atoms with Crippen molar-refractivity contribution in [3.05, 3.63) is 63.9 Å². The highest BCUT2D eigenvalue weighted by atomic mass is 32.2. The summed E-state index contributed by atoms with van der Waals surface area (Å²) in [5.74, 6) is 0. The zero-order valence-corrected chi connectivity index (χ0v) is 17.6. The summed E-state index contributed by atoms with van der Waals surface area (Å²) >= 11 is 1.48. The van der Waals surface area contributed by atoms with Crippen LogP contribution in [0.2, 0.25) is 0 Å². The molecule has 8 heteroatoms. The van der Waals surface area contributed by atoms with Gasteiger partial charge in [-0.1, -0.05) is 29.7 Å². The molecule has 1 aromatic heterocycles. The van der Waals surface area contributed by atoms with Gasteiger partial charge in [-0.15, -0.1) is 0 Å². The molecule has 3 aromatic rings. The van der Waals surface area contributed by atoms with Gasteiger partial charge in [0.2, 0.25) is 10.0 Å². The molecule has 0 bridgehead atoms. The van der Waals surface area contributed by atoms with Crippen molar-refractivity contribution in [1.82, 2.24) is 8.26 Å². The predicted octanol–water partition coefficient (Wildman–Crippen LogP) is 1.23. The Kier molecular flexibility index (Phi) is 5.13. The van der Waals surface area contributed by atoms with Crippen LogP contribution < -0.4 is 10.5 Å². The highest BCUT2D eigenvalue weighted by Gasteiger charge is 2.31. The van der Waals surface area contributed by atoms with Crippen molar-refractivity contribution in [2.75, 3.05) is 26.2 Å². The van der Waals surface area contributed by atoms with E-state index in [1.165, 1.54) is 16.4 Å². The summed E-state index contributed by atoms with van der Waals surface area (Å²) in [6.45, 7) is 6.78. The summed E-state index contributed by atoms with van der Waals surface area (Å²) in [5.41, 5.74) is 2.11. The molecule has 2 aromatic carbocycles. The fourth-order valence-electron chi connectivity index (χ4n) is 3.55. The molecule has 1 saturated heterocycles. The molecule has 148 valence electrons. The quantitative estimate of drug-likeness (QED) is 0.693. The first kappa shape index (κ1) is 19.3. The van der Waals surface area contributed by atoms with Gasteiger partial charge in [0, 0.05) is 0 Å². The van der Waals surface area contributed by atoms with Crippen molar-refractivity contribution in [2.24, 2.45) is 0 Å². The Hall–Kier alpha value is -2.00. The molecule has 0 spiro atoms. The summed E-state index contributed by atoms with van der Waals surface area (Å²) in [4.78, 5) is 14.1. The van der Waals surface area contributed by atoms with E-state index in [0.29, 0.717) is 37.7 Å². The van der Waals surface area contributed by atoms with Gasteiger partial charge >= 0.3 is 0 Å². The molecule has 0 atom stereocenters. The fraction of sp³-hybridized carbons (Fsp3) is 0.350. The first-order valence-electron chi connectivity index (χ1n) is 9.36. The highest BCUT2D eigenvalue weighted by molar-refractivity contribution is 7.89. The van der Waals surface area contributed by atoms with E-state index in [9.17, 15) is 13.2 Å². The summed E-state index contributed by atoms with van der Waals surface area (Å²) < 4.78 is 30.2. The molecule has 0 radical (unpaired) electrons. The minimum atomic E-state index is -3.47. The normalized spacial score (nSPS) is 16.6. The molecule has 0 aliphatic carbocycles. The molecule has 0 unspecified atom stereocenters. The van der Waals surface area contributed by atoms with Crippen molar-refractivity contribution in [2.45, 2.75) is 25.4 Å². The van der Waals surface area contributed by atoms with E-state index in [1.54, 1.807) is 20.4 Å². The average molecular weight is 419 g/mol. The topological polar surface area (TPSA) is 63.8 Å². The van der Waals surface area contributed by atoms with Crippen LogP contribution in [0.25, 0.3) is 10.1 Å². The molecule has 28 heavy (non-hydrogen) atoms. The molecule has 1 aliphatic heterocycles. The minimum Gasteiger partial charge on any atom is -0.315 e. The van der Waals surface area contributed by atoms with Gasteiger partial charge in [0.25, 0.3) is 5.56 Å². The molecule has 1 fully saturated rings. The zero-order chi connectivity index (χ0) is 19.9. The largest absolute Gasteiger partial charge is 0.315 e. The van der Waals surface area contributed by atoms with Crippen LogP contribution in [0.3, 0.4) is 0 Å². The van der Waals surface area contributed by atoms with Crippen molar-refractivity contribution in [1.29, 1.82) is 0 Å². The lowest BCUT2D eigenvalue weighted by molar-refractivity contribution is -0.925. The number of hydrogen-bond donors (Lipinski definition) is 1. The van der Waals surface area contributed by atoms with E-state index in [0.717, 1.165) is 21.2 Å². The van der Waals surface area contributed by atoms with Crippen molar-refractivity contribution in [3.8, 4) is 0 Å². The average Bonchev–Trinajstić information content (AvgIpc) is 3.00. The van der Waals surface area contributed by atoms with Gasteiger partial charge in [-0.2, -0.15) is 4.31 Å². The number of fused-ring (bicyclic) bond motifs is 1. The molecule has 1 N–H and O–H groups in total. The number of piperazine rings is 1. The number of rotatable bonds is 4. The smallest absolute Gasteiger partial charge is 0.273 e. The molecule has 6 nitrogen and oxygen atoms in total. The maximum atomic E-state index is 13.0. The minimum absolute atomic E-state index is 0.0401. The summed E-state index contributed by atoms with van der Waals surface area (Å²) in [5, 5.41) is 0.753. The third kappa shape index (κ3) is 3.53. The third-order valence-electron chi connectivity index (χ3n) is 5.47. The highest BCUT2D eigenvalue weighted by Crippen LogP contribution is 2.19. The van der Waals surface area contributed by atoms with Crippen LogP contribution in [0.4, 0.5) is 0 Å². The molecule has 0 amide bonds. The molecule has 4 rings (SSSR count). The number of nitrogens with one attached hydrogen (secondary N) is 1. The number of aromatic nitrogens is 1. The number of benzene rings is 2. The zero-order valence-electron chi connectivity index (χ0n) is 16.0. The van der Waals surface area contributed by atoms with E-state index < -0.39 is 10.0 Å². The maximum absolute atomic E-state index is 13.0. The Bertz CT molecular complexity index is 1170. The second-order valence-corrected chi connectivity index (χ2v) is 10.3. The van der Waals surface area contributed by atoms with Gasteiger partial charge in [0.05, 0.1) is 41.2 Å². The van der Waals surface area contributed by atoms with E-state index in [-0.39, 0.29) is 5.56 Å². The number of sulfonamides is 1. The Morgan fingerprint density at radius 3 is 2.43 bits per heavy atom. The van der Waals surface area contributed by atoms with Crippen LogP contribution in [0.15, 0.2) is 52.2 Å². The maximum Gasteiger partial charge on any atom is 0.273 e. The van der Waals surface area contributed by atoms with E-state index in [1.807, 2.05) is 44.2 Å². The molecule has 1 aliphatic rings. The molecule has 0 saturated carbocycles. The van der Waals surface area contributed by atoms with Crippen molar-refractivity contribution >= 4 is 31.6 Å². The monoisotopic (exact) mass is 418 g/mol. The van der Waals surface area contributed by atoms with Gasteiger partial charge in [0.1, 0.15) is 0 Å². The molecular weight excluding hydrogens is 394 g/mol. The molecular formula is C20H24N3O3S2+. The summed E-state index contributed by atoms with van der Waals surface area (Å²) in [6, 6.07) is 12.9. The number of nitrogens with zero attached hydrogens (tertiary/aromatic N) is 2. The lowest BCUT2D eigenvalue weighted by Gasteiger charge is -2.31. The van der Waals surface area contributed by atoms with E-state index >= 15 is 0 Å². The second kappa shape index (κ2) is 7.44. The lowest BCUT2D eigenvalue weighted by atomic mass is 10.1. The van der Waals surface area contributed by atoms with E-state index in [4.69, 9.17) is 0 Å². The summed E-state index contributed by atoms with van der Waals surface area (Å²) in [7, 11) is -3.47. The Morgan fingerprint density at radius 2 is 1.75 bits per heavy atom. The van der Waals surface area contributed by atoms with Crippen molar-refractivity contribution in [3.63, 3.8) is 0 Å². The van der Waals surface area contributed by atoms with Crippen LogP contribution in [0.5, 0.6) is 0 Å². The Morgan fingerprint density at radius 1 is 1.04 bits per heavy atom. The molecule has 2 heterocycles. The van der Waals surface area contributed by atoms with Crippen LogP contribution in [-0.2, 0) is 16.7 Å². The van der Waals surface area contributed by atoms with Gasteiger partial charge in [-0.25, -0.2) is 12.4 Å². The number of quaternary nitrogens is 1. The van der Waals surface area contributed by atoms with Gasteiger partial charge < -0.3 is 4.90 Å². The Labute approximate surface area is 168 Å². The van der Waals surface area contributed by atoms with Gasteiger partial charge in [-0.3, -0.25) is 4.79 Å². The van der Waals surface area contributed by atoms with Crippen LogP contribution >= 0.6 is 11.5 Å². The van der Waals surface area contributed by atoms with Crippen LogP contribution in [0.1, 0.15) is 11.1 Å². The van der Waals surface area contributed by atoms with Crippen LogP contribution in [0, 0.1) is 13.8 Å². The van der Waals surface area contributed by atoms with Gasteiger partial charge in [-0.05, 0) is 49.2 Å². The standard InChI is InChI=1S/C20H23N3O3S2/c1-15-7-8-17(13-16(15)2)28(25,26)22-11-9-21(10-12-22)14-23-20(24)18-5-3-4-6-19(18)27-23/h3-8,13H,9-12,14H2,1-2H3/p+1.